The summed E-state index contributed by atoms with van der Waals surface area (Å²) in [6, 6.07) is 2.62. The van der Waals surface area contributed by atoms with Crippen LogP contribution >= 0.6 is 11.6 Å². The van der Waals surface area contributed by atoms with Crippen molar-refractivity contribution >= 4 is 28.1 Å². The van der Waals surface area contributed by atoms with Gasteiger partial charge >= 0.3 is 0 Å². The molecule has 10 heteroatoms. The Bertz CT molecular complexity index is 1320. The Morgan fingerprint density at radius 2 is 1.71 bits per heavy atom. The van der Waals surface area contributed by atoms with Gasteiger partial charge in [-0.15, -0.1) is 0 Å². The van der Waals surface area contributed by atoms with Gasteiger partial charge in [0.15, 0.2) is 5.43 Å². The summed E-state index contributed by atoms with van der Waals surface area (Å²) < 4.78 is 0. The minimum atomic E-state index is -1.13. The first-order valence-electron chi connectivity index (χ1n) is 6.28. The maximum absolute atomic E-state index is 12.6. The van der Waals surface area contributed by atoms with Gasteiger partial charge in [-0.05, 0) is 12.1 Å². The third kappa shape index (κ3) is 1.88. The fourth-order valence-electron chi connectivity index (χ4n) is 2.58. The van der Waals surface area contributed by atoms with Gasteiger partial charge < -0.3 is 10.3 Å². The number of phenols is 1. The normalized spacial score (nSPS) is 12.1. The molecular formula is C14H5ClN2O7. The fourth-order valence-corrected chi connectivity index (χ4v) is 2.78. The summed E-state index contributed by atoms with van der Waals surface area (Å²) in [4.78, 5) is 47.4. The van der Waals surface area contributed by atoms with E-state index < -0.39 is 58.9 Å². The zero-order valence-corrected chi connectivity index (χ0v) is 12.2. The number of hydrogen-bond donors (Lipinski definition) is 2. The van der Waals surface area contributed by atoms with Gasteiger partial charge in [-0.25, -0.2) is 0 Å². The van der Waals surface area contributed by atoms with Crippen molar-refractivity contribution in [3.8, 4) is 5.75 Å². The molecule has 0 unspecified atom stereocenters. The molecule has 0 aliphatic heterocycles. The molecule has 0 saturated heterocycles. The molecule has 0 aromatic heterocycles. The lowest BCUT2D eigenvalue weighted by molar-refractivity contribution is -0.383. The van der Waals surface area contributed by atoms with Gasteiger partial charge in [-0.3, -0.25) is 24.5 Å². The SMILES string of the molecule is O=c1ccc(=NO)c2c(=O)c3c(O)c(Cl)cc([N+](=O)[O-])c3c(=O)c1=2. The van der Waals surface area contributed by atoms with Crippen molar-refractivity contribution in [2.45, 2.75) is 0 Å². The van der Waals surface area contributed by atoms with Crippen molar-refractivity contribution in [1.29, 1.82) is 0 Å². The van der Waals surface area contributed by atoms with Crippen LogP contribution in [-0.2, 0) is 0 Å². The van der Waals surface area contributed by atoms with E-state index in [1.165, 1.54) is 0 Å². The lowest BCUT2D eigenvalue weighted by Gasteiger charge is -2.04. The van der Waals surface area contributed by atoms with E-state index in [-0.39, 0.29) is 5.36 Å². The van der Waals surface area contributed by atoms with Crippen LogP contribution in [-0.4, -0.2) is 15.2 Å². The molecule has 0 atom stereocenters. The number of non-ortho nitro benzene ring substituents is 1. The molecule has 3 rings (SSSR count). The van der Waals surface area contributed by atoms with Crippen molar-refractivity contribution in [2.75, 3.05) is 0 Å². The molecule has 24 heavy (non-hydrogen) atoms. The summed E-state index contributed by atoms with van der Waals surface area (Å²) in [6.07, 6.45) is 0. The third-order valence-corrected chi connectivity index (χ3v) is 3.88. The second-order valence-electron chi connectivity index (χ2n) is 4.82. The van der Waals surface area contributed by atoms with Crippen molar-refractivity contribution in [3.05, 3.63) is 79.8 Å². The van der Waals surface area contributed by atoms with Gasteiger partial charge in [0.25, 0.3) is 5.69 Å². The number of rotatable bonds is 1. The lowest BCUT2D eigenvalue weighted by Crippen LogP contribution is -2.28. The Morgan fingerprint density at radius 3 is 2.29 bits per heavy atom. The minimum absolute atomic E-state index is 0.379. The molecule has 9 nitrogen and oxygen atoms in total. The molecule has 0 fully saturated rings. The summed E-state index contributed by atoms with van der Waals surface area (Å²) in [7, 11) is 0. The van der Waals surface area contributed by atoms with Crippen LogP contribution in [0.3, 0.4) is 0 Å². The van der Waals surface area contributed by atoms with Gasteiger partial charge in [0, 0.05) is 6.07 Å². The number of nitro benzene ring substituents is 1. The molecule has 0 bridgehead atoms. The molecule has 1 aromatic carbocycles. The molecule has 0 radical (unpaired) electrons. The summed E-state index contributed by atoms with van der Waals surface area (Å²) >= 11 is 5.69. The molecule has 1 aromatic rings. The van der Waals surface area contributed by atoms with E-state index in [9.17, 15) is 29.6 Å². The van der Waals surface area contributed by atoms with E-state index in [0.717, 1.165) is 18.2 Å². The van der Waals surface area contributed by atoms with Crippen LogP contribution in [0.15, 0.2) is 37.7 Å². The predicted octanol–water partition coefficient (Wildman–Crippen LogP) is 0.0779. The number of nitrogens with zero attached hydrogens (tertiary/aromatic N) is 2. The monoisotopic (exact) mass is 348 g/mol. The van der Waals surface area contributed by atoms with Gasteiger partial charge in [0.2, 0.25) is 10.9 Å². The average Bonchev–Trinajstić information content (AvgIpc) is 2.54. The van der Waals surface area contributed by atoms with Crippen LogP contribution in [0.1, 0.15) is 0 Å². The van der Waals surface area contributed by atoms with Gasteiger partial charge in [-0.2, -0.15) is 0 Å². The molecule has 0 amide bonds. The minimum Gasteiger partial charge on any atom is -0.506 e. The molecule has 0 heterocycles. The van der Waals surface area contributed by atoms with E-state index in [2.05, 4.69) is 5.16 Å². The zero-order valence-electron chi connectivity index (χ0n) is 11.4. The first-order chi connectivity index (χ1) is 11.3. The van der Waals surface area contributed by atoms with Crippen molar-refractivity contribution in [3.63, 3.8) is 0 Å². The molecule has 2 N–H and O–H groups in total. The Morgan fingerprint density at radius 1 is 1.08 bits per heavy atom. The number of halogens is 1. The maximum atomic E-state index is 12.6. The van der Waals surface area contributed by atoms with Crippen LogP contribution in [0.2, 0.25) is 5.02 Å². The third-order valence-electron chi connectivity index (χ3n) is 3.59. The van der Waals surface area contributed by atoms with E-state index >= 15 is 0 Å². The Balaban J connectivity index is 2.98. The molecule has 2 aliphatic carbocycles. The quantitative estimate of drug-likeness (QED) is 0.359. The lowest BCUT2D eigenvalue weighted by atomic mass is 10.0. The second-order valence-corrected chi connectivity index (χ2v) is 5.23. The van der Waals surface area contributed by atoms with Gasteiger partial charge in [-0.1, -0.05) is 16.8 Å². The number of benzene rings is 1. The molecule has 0 spiro atoms. The van der Waals surface area contributed by atoms with Crippen molar-refractivity contribution in [2.24, 2.45) is 5.16 Å². The number of aromatic hydroxyl groups is 1. The largest absolute Gasteiger partial charge is 0.506 e. The number of phenolic OH excluding ortho intramolecular Hbond substituents is 1. The highest BCUT2D eigenvalue weighted by atomic mass is 35.5. The van der Waals surface area contributed by atoms with Gasteiger partial charge in [0.1, 0.15) is 16.5 Å². The Labute approximate surface area is 134 Å². The van der Waals surface area contributed by atoms with E-state index in [4.69, 9.17) is 16.8 Å². The second kappa shape index (κ2) is 5.10. The maximum Gasteiger partial charge on any atom is 0.283 e. The van der Waals surface area contributed by atoms with Crippen LogP contribution in [0.25, 0.3) is 10.8 Å². The van der Waals surface area contributed by atoms with E-state index in [1.807, 2.05) is 0 Å². The van der Waals surface area contributed by atoms with Crippen LogP contribution < -0.4 is 21.6 Å². The summed E-state index contributed by atoms with van der Waals surface area (Å²) in [5.74, 6) is -0.832. The Hall–Kier alpha value is -3.33. The van der Waals surface area contributed by atoms with Crippen LogP contribution in [0, 0.1) is 20.6 Å². The highest BCUT2D eigenvalue weighted by molar-refractivity contribution is 6.33. The van der Waals surface area contributed by atoms with Crippen molar-refractivity contribution < 1.29 is 15.2 Å². The van der Waals surface area contributed by atoms with E-state index in [1.54, 1.807) is 0 Å². The summed E-state index contributed by atoms with van der Waals surface area (Å²) in [5, 5.41) is 29.4. The molecule has 2 aliphatic rings. The zero-order chi connectivity index (χ0) is 17.8. The van der Waals surface area contributed by atoms with Gasteiger partial charge in [0.05, 0.1) is 25.8 Å². The smallest absolute Gasteiger partial charge is 0.283 e. The van der Waals surface area contributed by atoms with Crippen molar-refractivity contribution in [1.82, 2.24) is 0 Å². The molecule has 120 valence electrons. The number of nitro groups is 1. The summed E-state index contributed by atoms with van der Waals surface area (Å²) in [5.41, 5.74) is -3.89. The molecular weight excluding hydrogens is 344 g/mol. The highest BCUT2D eigenvalue weighted by Crippen LogP contribution is 2.35. The van der Waals surface area contributed by atoms with Crippen LogP contribution in [0.4, 0.5) is 5.69 Å². The predicted molar refractivity (Wildman–Crippen MR) is 81.1 cm³/mol. The average molecular weight is 349 g/mol. The summed E-state index contributed by atoms with van der Waals surface area (Å²) in [6.45, 7) is 0. The first kappa shape index (κ1) is 15.6. The van der Waals surface area contributed by atoms with Crippen LogP contribution in [0.5, 0.6) is 5.75 Å². The topological polar surface area (TPSA) is 147 Å². The standard InChI is InChI=1S/C14H5ClN2O7/c15-4-3-6(17(23)24)9-11(12(4)19)13(20)8-5(16-22)1-2-7(18)10(8)14(9)21/h1-3,19,22H. The highest BCUT2D eigenvalue weighted by Gasteiger charge is 2.25. The number of hydrogen-bond acceptors (Lipinski definition) is 8. The van der Waals surface area contributed by atoms with E-state index in [0.29, 0.717) is 0 Å². The fraction of sp³-hybridized carbons (Fsp3) is 0. The molecule has 0 saturated carbocycles. The Kier molecular flexibility index (Phi) is 3.31. The number of fused-ring (bicyclic) bond motifs is 1. The first-order valence-corrected chi connectivity index (χ1v) is 6.65.